The Morgan fingerprint density at radius 2 is 1.62 bits per heavy atom. The Morgan fingerprint density at radius 1 is 1.00 bits per heavy atom. The van der Waals surface area contributed by atoms with Crippen molar-refractivity contribution in [2.75, 3.05) is 10.6 Å². The molecule has 0 aliphatic heterocycles. The average molecular weight is 282 g/mol. The smallest absolute Gasteiger partial charge is 0.224 e. The molecule has 2 aromatic rings. The quantitative estimate of drug-likeness (QED) is 0.833. The van der Waals surface area contributed by atoms with E-state index in [0.717, 1.165) is 17.1 Å². The number of para-hydroxylation sites is 2. The molecule has 21 heavy (non-hydrogen) atoms. The molecule has 0 spiro atoms. The Morgan fingerprint density at radius 3 is 2.24 bits per heavy atom. The van der Waals surface area contributed by atoms with Crippen LogP contribution < -0.4 is 10.6 Å². The lowest BCUT2D eigenvalue weighted by molar-refractivity contribution is -0.116. The van der Waals surface area contributed by atoms with E-state index in [4.69, 9.17) is 0 Å². The molecule has 0 aliphatic rings. The molecule has 3 heteroatoms. The van der Waals surface area contributed by atoms with Gasteiger partial charge in [0.15, 0.2) is 0 Å². The molecule has 0 bridgehead atoms. The summed E-state index contributed by atoms with van der Waals surface area (Å²) in [5.74, 6) is 0.394. The zero-order chi connectivity index (χ0) is 15.2. The van der Waals surface area contributed by atoms with Gasteiger partial charge in [0.05, 0.1) is 11.4 Å². The molecule has 0 saturated carbocycles. The van der Waals surface area contributed by atoms with Crippen LogP contribution in [0.5, 0.6) is 0 Å². The van der Waals surface area contributed by atoms with E-state index >= 15 is 0 Å². The number of carbonyl (C=O) groups is 1. The predicted octanol–water partition coefficient (Wildman–Crippen LogP) is 4.72. The lowest BCUT2D eigenvalue weighted by atomic mass is 10.1. The van der Waals surface area contributed by atoms with Gasteiger partial charge in [-0.15, -0.1) is 0 Å². The molecule has 2 rings (SSSR count). The number of aryl methyl sites for hydroxylation is 1. The summed E-state index contributed by atoms with van der Waals surface area (Å²) in [4.78, 5) is 11.9. The second-order valence-corrected chi connectivity index (χ2v) is 5.68. The summed E-state index contributed by atoms with van der Waals surface area (Å²) in [6.45, 7) is 6.13. The van der Waals surface area contributed by atoms with Gasteiger partial charge < -0.3 is 10.6 Å². The first-order valence-corrected chi connectivity index (χ1v) is 7.27. The van der Waals surface area contributed by atoms with E-state index in [1.54, 1.807) is 0 Å². The highest BCUT2D eigenvalue weighted by atomic mass is 16.1. The van der Waals surface area contributed by atoms with Gasteiger partial charge in [-0.3, -0.25) is 4.79 Å². The molecular weight excluding hydrogens is 260 g/mol. The predicted molar refractivity (Wildman–Crippen MR) is 89.0 cm³/mol. The fourth-order valence-corrected chi connectivity index (χ4v) is 2.07. The summed E-state index contributed by atoms with van der Waals surface area (Å²) >= 11 is 0. The Hall–Kier alpha value is -2.29. The van der Waals surface area contributed by atoms with E-state index in [1.165, 1.54) is 5.56 Å². The van der Waals surface area contributed by atoms with Crippen LogP contribution in [0.3, 0.4) is 0 Å². The molecule has 110 valence electrons. The SMILES string of the molecule is Cc1ccc(Nc2ccccc2NC(=O)CC(C)C)cc1. The number of amides is 1. The van der Waals surface area contributed by atoms with Gasteiger partial charge in [-0.05, 0) is 37.1 Å². The molecule has 1 amide bonds. The summed E-state index contributed by atoms with van der Waals surface area (Å²) in [7, 11) is 0. The van der Waals surface area contributed by atoms with Gasteiger partial charge in [-0.25, -0.2) is 0 Å². The van der Waals surface area contributed by atoms with Crippen LogP contribution in [0.15, 0.2) is 48.5 Å². The fraction of sp³-hybridized carbons (Fsp3) is 0.278. The second-order valence-electron chi connectivity index (χ2n) is 5.68. The zero-order valence-corrected chi connectivity index (χ0v) is 12.8. The fourth-order valence-electron chi connectivity index (χ4n) is 2.07. The third-order valence-electron chi connectivity index (χ3n) is 3.13. The highest BCUT2D eigenvalue weighted by Crippen LogP contribution is 2.25. The molecule has 0 fully saturated rings. The van der Waals surface area contributed by atoms with Gasteiger partial charge in [0, 0.05) is 12.1 Å². The summed E-state index contributed by atoms with van der Waals surface area (Å²) in [6, 6.07) is 15.9. The molecule has 0 radical (unpaired) electrons. The van der Waals surface area contributed by atoms with Crippen LogP contribution in [0.4, 0.5) is 17.1 Å². The van der Waals surface area contributed by atoms with E-state index in [2.05, 4.69) is 29.7 Å². The van der Waals surface area contributed by atoms with Crippen LogP contribution in [0, 0.1) is 12.8 Å². The Bertz CT molecular complexity index is 603. The van der Waals surface area contributed by atoms with Crippen molar-refractivity contribution in [3.8, 4) is 0 Å². The van der Waals surface area contributed by atoms with Crippen molar-refractivity contribution in [2.45, 2.75) is 27.2 Å². The summed E-state index contributed by atoms with van der Waals surface area (Å²) in [6.07, 6.45) is 0.527. The molecule has 2 aromatic carbocycles. The Balaban J connectivity index is 2.13. The number of anilines is 3. The van der Waals surface area contributed by atoms with Crippen molar-refractivity contribution >= 4 is 23.0 Å². The minimum atomic E-state index is 0.0446. The molecular formula is C18H22N2O. The summed E-state index contributed by atoms with van der Waals surface area (Å²) in [5.41, 5.74) is 3.94. The first-order chi connectivity index (χ1) is 10.0. The standard InChI is InChI=1S/C18H22N2O/c1-13(2)12-18(21)20-17-7-5-4-6-16(17)19-15-10-8-14(3)9-11-15/h4-11,13,19H,12H2,1-3H3,(H,20,21). The third kappa shape index (κ3) is 4.63. The van der Waals surface area contributed by atoms with E-state index < -0.39 is 0 Å². The highest BCUT2D eigenvalue weighted by Gasteiger charge is 2.08. The molecule has 0 aliphatic carbocycles. The van der Waals surface area contributed by atoms with Crippen LogP contribution in [0.1, 0.15) is 25.8 Å². The van der Waals surface area contributed by atoms with E-state index in [0.29, 0.717) is 12.3 Å². The molecule has 0 saturated heterocycles. The number of hydrogen-bond acceptors (Lipinski definition) is 2. The van der Waals surface area contributed by atoms with Gasteiger partial charge in [-0.2, -0.15) is 0 Å². The summed E-state index contributed by atoms with van der Waals surface area (Å²) in [5, 5.41) is 6.32. The highest BCUT2D eigenvalue weighted by molar-refractivity contribution is 5.94. The normalized spacial score (nSPS) is 10.5. The molecule has 3 nitrogen and oxygen atoms in total. The maximum atomic E-state index is 11.9. The van der Waals surface area contributed by atoms with Crippen LogP contribution >= 0.6 is 0 Å². The van der Waals surface area contributed by atoms with E-state index in [9.17, 15) is 4.79 Å². The molecule has 0 heterocycles. The lowest BCUT2D eigenvalue weighted by Crippen LogP contribution is -2.14. The number of carbonyl (C=O) groups excluding carboxylic acids is 1. The number of hydrogen-bond donors (Lipinski definition) is 2. The van der Waals surface area contributed by atoms with Crippen LogP contribution in [0.25, 0.3) is 0 Å². The maximum absolute atomic E-state index is 11.9. The zero-order valence-electron chi connectivity index (χ0n) is 12.8. The van der Waals surface area contributed by atoms with Crippen molar-refractivity contribution in [3.63, 3.8) is 0 Å². The summed E-state index contributed by atoms with van der Waals surface area (Å²) < 4.78 is 0. The van der Waals surface area contributed by atoms with E-state index in [1.807, 2.05) is 50.2 Å². The molecule has 0 unspecified atom stereocenters. The topological polar surface area (TPSA) is 41.1 Å². The second kappa shape index (κ2) is 6.93. The van der Waals surface area contributed by atoms with E-state index in [-0.39, 0.29) is 5.91 Å². The van der Waals surface area contributed by atoms with Crippen molar-refractivity contribution < 1.29 is 4.79 Å². The van der Waals surface area contributed by atoms with Crippen LogP contribution in [0.2, 0.25) is 0 Å². The number of rotatable bonds is 5. The van der Waals surface area contributed by atoms with Crippen LogP contribution in [-0.2, 0) is 4.79 Å². The molecule has 0 aromatic heterocycles. The van der Waals surface area contributed by atoms with Gasteiger partial charge in [0.2, 0.25) is 5.91 Å². The first-order valence-electron chi connectivity index (χ1n) is 7.27. The first kappa shape index (κ1) is 15.1. The monoisotopic (exact) mass is 282 g/mol. The minimum Gasteiger partial charge on any atom is -0.354 e. The number of benzene rings is 2. The number of nitrogens with one attached hydrogen (secondary N) is 2. The van der Waals surface area contributed by atoms with Gasteiger partial charge in [-0.1, -0.05) is 43.7 Å². The van der Waals surface area contributed by atoms with Gasteiger partial charge in [0.25, 0.3) is 0 Å². The Labute approximate surface area is 126 Å². The largest absolute Gasteiger partial charge is 0.354 e. The lowest BCUT2D eigenvalue weighted by Gasteiger charge is -2.14. The van der Waals surface area contributed by atoms with Gasteiger partial charge >= 0.3 is 0 Å². The van der Waals surface area contributed by atoms with Crippen LogP contribution in [-0.4, -0.2) is 5.91 Å². The van der Waals surface area contributed by atoms with Crippen molar-refractivity contribution in [2.24, 2.45) is 5.92 Å². The van der Waals surface area contributed by atoms with Gasteiger partial charge in [0.1, 0.15) is 0 Å². The van der Waals surface area contributed by atoms with Crippen molar-refractivity contribution in [1.82, 2.24) is 0 Å². The average Bonchev–Trinajstić information content (AvgIpc) is 2.42. The third-order valence-corrected chi connectivity index (χ3v) is 3.13. The molecule has 0 atom stereocenters. The maximum Gasteiger partial charge on any atom is 0.224 e. The minimum absolute atomic E-state index is 0.0446. The van der Waals surface area contributed by atoms with Crippen molar-refractivity contribution in [3.05, 3.63) is 54.1 Å². The molecule has 2 N–H and O–H groups in total. The van der Waals surface area contributed by atoms with Crippen molar-refractivity contribution in [1.29, 1.82) is 0 Å². The Kier molecular flexibility index (Phi) is 4.99.